The van der Waals surface area contributed by atoms with E-state index in [-0.39, 0.29) is 0 Å². The van der Waals surface area contributed by atoms with Crippen LogP contribution in [0.25, 0.3) is 4.85 Å². The molecule has 0 aliphatic heterocycles. The number of hydrogen-bond acceptors (Lipinski definition) is 0. The second-order valence-electron chi connectivity index (χ2n) is 2.34. The zero-order valence-corrected chi connectivity index (χ0v) is 6.02. The van der Waals surface area contributed by atoms with Gasteiger partial charge in [0.15, 0.2) is 0 Å². The molecule has 0 atom stereocenters. The summed E-state index contributed by atoms with van der Waals surface area (Å²) in [6.07, 6.45) is 0. The van der Waals surface area contributed by atoms with Crippen molar-refractivity contribution in [2.75, 3.05) is 0 Å². The molecule has 0 aromatic carbocycles. The van der Waals surface area contributed by atoms with Crippen LogP contribution in [0.15, 0.2) is 0 Å². The molecule has 0 aliphatic carbocycles. The quantitative estimate of drug-likeness (QED) is 0.423. The van der Waals surface area contributed by atoms with Gasteiger partial charge in [-0.1, -0.05) is 13.8 Å². The van der Waals surface area contributed by atoms with E-state index in [1.165, 1.54) is 0 Å². The summed E-state index contributed by atoms with van der Waals surface area (Å²) in [6, 6.07) is 4.00. The molecule has 46 valence electrons. The van der Waals surface area contributed by atoms with E-state index >= 15 is 0 Å². The average Bonchev–Trinajstić information content (AvgIpc) is 1.61. The lowest BCUT2D eigenvalue weighted by Crippen LogP contribution is -1.77. The van der Waals surface area contributed by atoms with Gasteiger partial charge in [0.25, 0.3) is 0 Å². The van der Waals surface area contributed by atoms with Crippen molar-refractivity contribution in [3.8, 4) is 6.07 Å². The minimum Gasteiger partial charge on any atom is -0.245 e. The number of rotatable bonds is 0. The van der Waals surface area contributed by atoms with Crippen LogP contribution >= 0.6 is 0 Å². The van der Waals surface area contributed by atoms with Gasteiger partial charge in [0.1, 0.15) is 6.04 Å². The van der Waals surface area contributed by atoms with Crippen LogP contribution in [0.3, 0.4) is 0 Å². The van der Waals surface area contributed by atoms with Gasteiger partial charge in [-0.05, 0) is 13.8 Å². The van der Waals surface area contributed by atoms with Crippen LogP contribution in [0.1, 0.15) is 27.7 Å². The molecule has 0 N–H and O–H groups in total. The molecule has 0 radical (unpaired) electrons. The molecule has 0 saturated heterocycles. The Labute approximate surface area is 51.5 Å². The largest absolute Gasteiger partial charge is 0.245 e. The lowest BCUT2D eigenvalue weighted by Gasteiger charge is -1.87. The van der Waals surface area contributed by atoms with Crippen molar-refractivity contribution in [1.82, 2.24) is 0 Å². The maximum atomic E-state index is 3.99. The molecule has 0 amide bonds. The van der Waals surface area contributed by atoms with Gasteiger partial charge in [0.05, 0.1) is 6.07 Å². The Kier molecular flexibility index (Phi) is 3.10. The smallest absolute Gasteiger partial charge is 0.138 e. The highest BCUT2D eigenvalue weighted by Crippen LogP contribution is 1.97. The van der Waals surface area contributed by atoms with Crippen LogP contribution in [0.2, 0.25) is 0 Å². The number of hydrogen-bond donors (Lipinski definition) is 0. The molecule has 0 rings (SSSR count). The summed E-state index contributed by atoms with van der Waals surface area (Å²) in [7, 11) is 0. The second kappa shape index (κ2) is 3.37. The van der Waals surface area contributed by atoms with E-state index in [9.17, 15) is 0 Å². The van der Waals surface area contributed by atoms with Crippen LogP contribution in [0.5, 0.6) is 0 Å². The molecule has 0 unspecified atom stereocenters. The van der Waals surface area contributed by atoms with Gasteiger partial charge in [-0.2, -0.15) is 0 Å². The average molecular weight is 111 g/mol. The molecule has 0 bridgehead atoms. The van der Waals surface area contributed by atoms with Gasteiger partial charge in [0, 0.05) is 5.92 Å². The van der Waals surface area contributed by atoms with Crippen molar-refractivity contribution in [2.24, 2.45) is 5.92 Å². The molecule has 0 spiro atoms. The molecule has 8 heavy (non-hydrogen) atoms. The number of nitrogens with zero attached hydrogens (tertiary/aromatic N) is 1. The third-order valence-electron chi connectivity index (χ3n) is 0.546. The first-order valence-electron chi connectivity index (χ1n) is 2.89. The van der Waals surface area contributed by atoms with Crippen molar-refractivity contribution in [1.29, 1.82) is 0 Å². The Morgan fingerprint density at radius 2 is 1.88 bits per heavy atom. The Hall–Kier alpha value is -0.640. The van der Waals surface area contributed by atoms with Crippen LogP contribution in [-0.2, 0) is 0 Å². The van der Waals surface area contributed by atoms with Crippen molar-refractivity contribution in [3.05, 3.63) is 10.9 Å². The van der Waals surface area contributed by atoms with E-state index < -0.39 is 0 Å². The minimum absolute atomic E-state index is 0.449. The van der Waals surface area contributed by atoms with Crippen LogP contribution in [0, 0.1) is 18.0 Å². The molecule has 1 heteroatoms. The second-order valence-corrected chi connectivity index (χ2v) is 2.34. The van der Waals surface area contributed by atoms with E-state index in [1.807, 2.05) is 13.8 Å². The van der Waals surface area contributed by atoms with E-state index in [0.717, 1.165) is 6.04 Å². The molecular weight excluding hydrogens is 98.1 g/mol. The van der Waals surface area contributed by atoms with Gasteiger partial charge >= 0.3 is 0 Å². The van der Waals surface area contributed by atoms with Crippen LogP contribution in [-0.4, -0.2) is 0 Å². The fourth-order valence-corrected chi connectivity index (χ4v) is 0.258. The van der Waals surface area contributed by atoms with Crippen LogP contribution < -0.4 is 0 Å². The summed E-state index contributed by atoms with van der Waals surface area (Å²) >= 11 is 0. The summed E-state index contributed by atoms with van der Waals surface area (Å²) in [6.45, 7) is 8.06. The van der Waals surface area contributed by atoms with E-state index in [0.29, 0.717) is 5.92 Å². The topological polar surface area (TPSA) is 4.36 Å². The van der Waals surface area contributed by atoms with Crippen molar-refractivity contribution >= 4 is 0 Å². The standard InChI is InChI=1S/C7H13N/c1-6(2)5-8-7(3)4/h6H,1-4H3. The summed E-state index contributed by atoms with van der Waals surface area (Å²) < 4.78 is 0. The van der Waals surface area contributed by atoms with E-state index in [2.05, 4.69) is 24.8 Å². The first-order chi connectivity index (χ1) is 3.63. The summed E-state index contributed by atoms with van der Waals surface area (Å²) in [5.74, 6) is 0.449. The van der Waals surface area contributed by atoms with E-state index in [4.69, 9.17) is 0 Å². The third kappa shape index (κ3) is 5.36. The highest BCUT2D eigenvalue weighted by molar-refractivity contribution is 5.01. The maximum absolute atomic E-state index is 3.99. The lowest BCUT2D eigenvalue weighted by atomic mass is 10.3. The van der Waals surface area contributed by atoms with Crippen LogP contribution in [0.4, 0.5) is 0 Å². The fraction of sp³-hybridized carbons (Fsp3) is 0.714. The van der Waals surface area contributed by atoms with Gasteiger partial charge < -0.3 is 0 Å². The lowest BCUT2D eigenvalue weighted by molar-refractivity contribution is 0.862. The maximum Gasteiger partial charge on any atom is 0.138 e. The third-order valence-corrected chi connectivity index (χ3v) is 0.546. The van der Waals surface area contributed by atoms with Gasteiger partial charge in [-0.3, -0.25) is 0 Å². The van der Waals surface area contributed by atoms with Gasteiger partial charge in [-0.15, -0.1) is 0 Å². The summed E-state index contributed by atoms with van der Waals surface area (Å²) in [5, 5.41) is 0. The summed E-state index contributed by atoms with van der Waals surface area (Å²) in [4.78, 5) is 3.99. The molecule has 0 heterocycles. The molecule has 0 aromatic rings. The Bertz CT molecular complexity index is 91.3. The summed E-state index contributed by atoms with van der Waals surface area (Å²) in [5.41, 5.74) is 0. The zero-order valence-electron chi connectivity index (χ0n) is 6.02. The van der Waals surface area contributed by atoms with Crippen molar-refractivity contribution in [2.45, 2.75) is 27.7 Å². The fourth-order valence-electron chi connectivity index (χ4n) is 0.258. The predicted octanol–water partition coefficient (Wildman–Crippen LogP) is 2.55. The van der Waals surface area contributed by atoms with Gasteiger partial charge in [-0.25, -0.2) is 4.85 Å². The first-order valence-corrected chi connectivity index (χ1v) is 2.89. The molecule has 1 nitrogen and oxygen atoms in total. The SMILES string of the molecule is C[C-](C)[N+]#CC(C)C. The molecule has 0 aromatic heterocycles. The monoisotopic (exact) mass is 111 g/mol. The Morgan fingerprint density at radius 1 is 1.38 bits per heavy atom. The normalized spacial score (nSPS) is 8.12. The molecular formula is C7H13N. The highest BCUT2D eigenvalue weighted by Gasteiger charge is 1.86. The van der Waals surface area contributed by atoms with Crippen molar-refractivity contribution < 1.29 is 0 Å². The van der Waals surface area contributed by atoms with Gasteiger partial charge in [0.2, 0.25) is 0 Å². The first kappa shape index (κ1) is 7.36. The van der Waals surface area contributed by atoms with Crippen molar-refractivity contribution in [3.63, 3.8) is 0 Å². The molecule has 0 aliphatic rings. The predicted molar refractivity (Wildman–Crippen MR) is 36.7 cm³/mol. The minimum atomic E-state index is 0.449. The molecule has 0 saturated carbocycles. The highest BCUT2D eigenvalue weighted by atomic mass is 14.7. The Balaban J connectivity index is 3.50. The zero-order chi connectivity index (χ0) is 6.57. The van der Waals surface area contributed by atoms with E-state index in [1.54, 1.807) is 0 Å². The Morgan fingerprint density at radius 3 is 2.00 bits per heavy atom. The molecule has 0 fully saturated rings.